The first-order valence-electron chi connectivity index (χ1n) is 5.67. The van der Waals surface area contributed by atoms with Crippen LogP contribution in [-0.4, -0.2) is 43.6 Å². The molecule has 22 heavy (non-hydrogen) atoms. The van der Waals surface area contributed by atoms with Crippen LogP contribution in [0.5, 0.6) is 0 Å². The third kappa shape index (κ3) is 6.10. The average Bonchev–Trinajstić information content (AvgIpc) is 2.36. The van der Waals surface area contributed by atoms with Crippen LogP contribution in [0.2, 0.25) is 0 Å². The molecule has 0 saturated heterocycles. The highest BCUT2D eigenvalue weighted by atomic mass is 35.5. The topological polar surface area (TPSA) is 74.2 Å². The first-order valence-corrected chi connectivity index (χ1v) is 6.43. The Kier molecular flexibility index (Phi) is 8.25. The molecule has 0 amide bonds. The molecular weight excluding hydrogens is 354 g/mol. The molecule has 11 heteroatoms. The van der Waals surface area contributed by atoms with Gasteiger partial charge in [-0.2, -0.15) is 13.2 Å². The number of ether oxygens (including phenoxy) is 2. The summed E-state index contributed by atoms with van der Waals surface area (Å²) in [5.74, 6) is -3.54. The summed E-state index contributed by atoms with van der Waals surface area (Å²) in [6, 6.07) is 0. The van der Waals surface area contributed by atoms with Gasteiger partial charge in [0.25, 0.3) is 0 Å². The monoisotopic (exact) mass is 365 g/mol. The number of rotatable bonds is 6. The van der Waals surface area contributed by atoms with Gasteiger partial charge in [0, 0.05) is 0 Å². The van der Waals surface area contributed by atoms with E-state index in [0.717, 1.165) is 14.0 Å². The van der Waals surface area contributed by atoms with Crippen LogP contribution in [0.1, 0.15) is 13.8 Å². The Bertz CT molecular complexity index is 487. The molecule has 0 heterocycles. The molecule has 0 rings (SSSR count). The highest BCUT2D eigenvalue weighted by molar-refractivity contribution is 6.60. The van der Waals surface area contributed by atoms with Gasteiger partial charge >= 0.3 is 18.1 Å². The van der Waals surface area contributed by atoms with Crippen LogP contribution in [0.25, 0.3) is 0 Å². The third-order valence-electron chi connectivity index (χ3n) is 2.03. The quantitative estimate of drug-likeness (QED) is 0.411. The minimum Gasteiger partial charge on any atom is -0.461 e. The lowest BCUT2D eigenvalue weighted by Crippen LogP contribution is -2.33. The van der Waals surface area contributed by atoms with Crippen molar-refractivity contribution in [3.8, 4) is 0 Å². The summed E-state index contributed by atoms with van der Waals surface area (Å²) in [5.41, 5.74) is -1.10. The number of carbonyl (C=O) groups is 2. The molecule has 0 aromatic heterocycles. The van der Waals surface area contributed by atoms with Crippen LogP contribution < -0.4 is 0 Å². The Morgan fingerprint density at radius 3 is 2.18 bits per heavy atom. The molecule has 6 nitrogen and oxygen atoms in total. The van der Waals surface area contributed by atoms with Crippen LogP contribution in [-0.2, 0) is 23.9 Å². The molecular formula is C11H12Cl2F3NO5. The molecule has 0 spiro atoms. The van der Waals surface area contributed by atoms with Gasteiger partial charge in [-0.1, -0.05) is 28.4 Å². The van der Waals surface area contributed by atoms with Crippen LogP contribution in [0.3, 0.4) is 0 Å². The van der Waals surface area contributed by atoms with Gasteiger partial charge in [-0.15, -0.1) is 0 Å². The maximum Gasteiger partial charge on any atom is 0.490 e. The Hall–Kier alpha value is -1.48. The molecule has 0 aliphatic rings. The zero-order valence-corrected chi connectivity index (χ0v) is 13.2. The second-order valence-corrected chi connectivity index (χ2v) is 4.51. The van der Waals surface area contributed by atoms with Gasteiger partial charge in [-0.05, 0) is 13.8 Å². The molecule has 0 aliphatic carbocycles. The summed E-state index contributed by atoms with van der Waals surface area (Å²) < 4.78 is 44.8. The molecule has 0 bridgehead atoms. The van der Waals surface area contributed by atoms with E-state index in [1.807, 2.05) is 0 Å². The van der Waals surface area contributed by atoms with Gasteiger partial charge in [-0.25, -0.2) is 9.59 Å². The summed E-state index contributed by atoms with van der Waals surface area (Å²) in [7, 11) is 1.07. The van der Waals surface area contributed by atoms with E-state index >= 15 is 0 Å². The van der Waals surface area contributed by atoms with Crippen LogP contribution in [0.15, 0.2) is 15.2 Å². The first-order chi connectivity index (χ1) is 10.1. The fourth-order valence-electron chi connectivity index (χ4n) is 1.21. The van der Waals surface area contributed by atoms with Crippen molar-refractivity contribution in [1.29, 1.82) is 0 Å². The van der Waals surface area contributed by atoms with Crippen LogP contribution >= 0.6 is 23.2 Å². The summed E-state index contributed by atoms with van der Waals surface area (Å²) in [6.45, 7) is 2.46. The fourth-order valence-corrected chi connectivity index (χ4v) is 1.70. The predicted molar refractivity (Wildman–Crippen MR) is 71.4 cm³/mol. The molecule has 0 saturated carbocycles. The van der Waals surface area contributed by atoms with Crippen molar-refractivity contribution >= 4 is 40.9 Å². The number of halogens is 5. The van der Waals surface area contributed by atoms with Gasteiger partial charge < -0.3 is 14.3 Å². The number of hydrogen-bond donors (Lipinski definition) is 0. The van der Waals surface area contributed by atoms with Crippen molar-refractivity contribution in [3.63, 3.8) is 0 Å². The van der Waals surface area contributed by atoms with E-state index in [9.17, 15) is 22.8 Å². The van der Waals surface area contributed by atoms with E-state index in [-0.39, 0.29) is 6.61 Å². The lowest BCUT2D eigenvalue weighted by Gasteiger charge is -2.18. The minimum atomic E-state index is -5.22. The highest BCUT2D eigenvalue weighted by Crippen LogP contribution is 2.25. The van der Waals surface area contributed by atoms with E-state index in [1.165, 1.54) is 6.92 Å². The first kappa shape index (κ1) is 20.5. The lowest BCUT2D eigenvalue weighted by atomic mass is 10.1. The Balaban J connectivity index is 5.54. The standard InChI is InChI=1S/C11H12Cl2F3NO5/c1-4-21-9(18)7(17-20-3)6(8(12)13)5(2)22-10(19)11(14,15)16/h5H,4H2,1-3H3/b17-7-. The Morgan fingerprint density at radius 1 is 1.27 bits per heavy atom. The molecule has 1 atom stereocenters. The second-order valence-electron chi connectivity index (χ2n) is 3.56. The second kappa shape index (κ2) is 8.84. The minimum absolute atomic E-state index is 0.0501. The van der Waals surface area contributed by atoms with Gasteiger partial charge in [0.1, 0.15) is 17.7 Å². The summed E-state index contributed by atoms with van der Waals surface area (Å²) in [5, 5.41) is 3.30. The third-order valence-corrected chi connectivity index (χ3v) is 2.44. The molecule has 1 unspecified atom stereocenters. The van der Waals surface area contributed by atoms with Crippen molar-refractivity contribution in [2.75, 3.05) is 13.7 Å². The fraction of sp³-hybridized carbons (Fsp3) is 0.545. The van der Waals surface area contributed by atoms with Crippen LogP contribution in [0, 0.1) is 0 Å². The SMILES string of the molecule is CCOC(=O)/C(=N\OC)C(=C(Cl)Cl)C(C)OC(=O)C(F)(F)F. The van der Waals surface area contributed by atoms with Crippen molar-refractivity contribution in [2.24, 2.45) is 5.16 Å². The molecule has 126 valence electrons. The molecule has 0 N–H and O–H groups in total. The Labute approximate surface area is 133 Å². The number of nitrogens with zero attached hydrogens (tertiary/aromatic N) is 1. The number of oxime groups is 1. The molecule has 0 radical (unpaired) electrons. The van der Waals surface area contributed by atoms with Gasteiger partial charge in [-0.3, -0.25) is 0 Å². The normalized spacial score (nSPS) is 13.2. The zero-order valence-electron chi connectivity index (χ0n) is 11.7. The van der Waals surface area contributed by atoms with Crippen molar-refractivity contribution in [3.05, 3.63) is 10.1 Å². The zero-order chi connectivity index (χ0) is 17.5. The van der Waals surface area contributed by atoms with Gasteiger partial charge in [0.05, 0.1) is 12.2 Å². The maximum absolute atomic E-state index is 12.2. The van der Waals surface area contributed by atoms with Gasteiger partial charge in [0.2, 0.25) is 0 Å². The summed E-state index contributed by atoms with van der Waals surface area (Å²) in [6.07, 6.45) is -6.85. The average molecular weight is 366 g/mol. The van der Waals surface area contributed by atoms with Crippen molar-refractivity contribution in [1.82, 2.24) is 0 Å². The van der Waals surface area contributed by atoms with E-state index in [0.29, 0.717) is 0 Å². The molecule has 0 aliphatic heterocycles. The maximum atomic E-state index is 12.2. The molecule has 0 aromatic rings. The lowest BCUT2D eigenvalue weighted by molar-refractivity contribution is -0.202. The van der Waals surface area contributed by atoms with Crippen molar-refractivity contribution < 1.29 is 37.1 Å². The predicted octanol–water partition coefficient (Wildman–Crippen LogP) is 2.74. The van der Waals surface area contributed by atoms with E-state index in [4.69, 9.17) is 23.2 Å². The Morgan fingerprint density at radius 2 is 1.82 bits per heavy atom. The summed E-state index contributed by atoms with van der Waals surface area (Å²) >= 11 is 11.1. The highest BCUT2D eigenvalue weighted by Gasteiger charge is 2.43. The smallest absolute Gasteiger partial charge is 0.461 e. The largest absolute Gasteiger partial charge is 0.490 e. The van der Waals surface area contributed by atoms with E-state index in [1.54, 1.807) is 0 Å². The number of carbonyl (C=O) groups excluding carboxylic acids is 2. The molecule has 0 aromatic carbocycles. The van der Waals surface area contributed by atoms with Crippen molar-refractivity contribution in [2.45, 2.75) is 26.1 Å². The number of alkyl halides is 3. The van der Waals surface area contributed by atoms with Crippen LogP contribution in [0.4, 0.5) is 13.2 Å². The van der Waals surface area contributed by atoms with E-state index < -0.39 is 40.0 Å². The summed E-state index contributed by atoms with van der Waals surface area (Å²) in [4.78, 5) is 27.0. The molecule has 0 fully saturated rings. The van der Waals surface area contributed by atoms with Gasteiger partial charge in [0.15, 0.2) is 5.71 Å². The van der Waals surface area contributed by atoms with E-state index in [2.05, 4.69) is 19.5 Å². The number of esters is 2. The number of hydrogen-bond acceptors (Lipinski definition) is 6.